The van der Waals surface area contributed by atoms with Crippen molar-refractivity contribution in [3.63, 3.8) is 0 Å². The van der Waals surface area contributed by atoms with Gasteiger partial charge in [0.2, 0.25) is 0 Å². The van der Waals surface area contributed by atoms with Crippen LogP contribution in [0.3, 0.4) is 0 Å². The minimum absolute atomic E-state index is 0.160. The second-order valence-corrected chi connectivity index (χ2v) is 16.9. The van der Waals surface area contributed by atoms with Crippen LogP contribution in [-0.4, -0.2) is 16.5 Å². The van der Waals surface area contributed by atoms with Crippen LogP contribution in [0.2, 0.25) is 0 Å². The molecule has 0 amide bonds. The summed E-state index contributed by atoms with van der Waals surface area (Å²) in [6.07, 6.45) is 0. The van der Waals surface area contributed by atoms with Gasteiger partial charge >= 0.3 is 0 Å². The maximum atomic E-state index is 5.55. The molecule has 2 unspecified atom stereocenters. The number of aliphatic imine (C=N–C) groups is 2. The molecule has 9 aromatic carbocycles. The fraction of sp³-hybridized carbons (Fsp3) is 0.0500. The molecule has 294 valence electrons. The minimum atomic E-state index is -0.433. The van der Waals surface area contributed by atoms with Crippen molar-refractivity contribution in [2.75, 3.05) is 0 Å². The lowest BCUT2D eigenvalue weighted by molar-refractivity contribution is 0.666. The molecule has 2 heterocycles. The molecular formula is C60H39N3. The summed E-state index contributed by atoms with van der Waals surface area (Å²) in [6.45, 7) is 0. The topological polar surface area (TPSA) is 37.6 Å². The number of rotatable bonds is 5. The molecule has 10 aromatic rings. The van der Waals surface area contributed by atoms with E-state index in [0.717, 1.165) is 61.3 Å². The lowest BCUT2D eigenvalue weighted by Gasteiger charge is -2.31. The number of para-hydroxylation sites is 1. The zero-order valence-corrected chi connectivity index (χ0v) is 34.4. The monoisotopic (exact) mass is 801 g/mol. The highest BCUT2D eigenvalue weighted by atomic mass is 15.0. The number of benzene rings is 9. The van der Waals surface area contributed by atoms with Gasteiger partial charge in [0.1, 0.15) is 0 Å². The van der Waals surface area contributed by atoms with Crippen LogP contribution in [0.25, 0.3) is 55.2 Å². The maximum absolute atomic E-state index is 5.55. The molecule has 1 aliphatic heterocycles. The van der Waals surface area contributed by atoms with Gasteiger partial charge in [-0.05, 0) is 73.3 Å². The number of pyridine rings is 1. The Morgan fingerprint density at radius 3 is 1.67 bits per heavy atom. The number of hydrogen-bond acceptors (Lipinski definition) is 3. The molecule has 0 N–H and O–H groups in total. The molecule has 0 fully saturated rings. The van der Waals surface area contributed by atoms with Gasteiger partial charge in [-0.25, -0.2) is 9.98 Å². The Morgan fingerprint density at radius 1 is 0.397 bits per heavy atom. The number of nitrogens with zero attached hydrogens (tertiary/aromatic N) is 3. The van der Waals surface area contributed by atoms with Gasteiger partial charge in [-0.1, -0.05) is 212 Å². The number of aromatic nitrogens is 1. The fourth-order valence-corrected chi connectivity index (χ4v) is 11.1. The Kier molecular flexibility index (Phi) is 7.95. The summed E-state index contributed by atoms with van der Waals surface area (Å²) in [7, 11) is 0. The Morgan fingerprint density at radius 2 is 0.952 bits per heavy atom. The van der Waals surface area contributed by atoms with Crippen LogP contribution in [0.5, 0.6) is 0 Å². The molecule has 2 atom stereocenters. The average Bonchev–Trinajstić information content (AvgIpc) is 3.84. The SMILES string of the molecule is c1ccc(C2=NC(c3ccccc3)C(c3cccc(-c4nc5ccccc5c5c6c(ccc45)C4(c5ccccc5-c5ccccc54)c4ccccc4-6)c3)C(c3ccccc3)=N2)cc1. The van der Waals surface area contributed by atoms with Crippen molar-refractivity contribution >= 4 is 33.2 Å². The van der Waals surface area contributed by atoms with E-state index in [-0.39, 0.29) is 12.0 Å². The highest BCUT2D eigenvalue weighted by molar-refractivity contribution is 6.20. The molecule has 0 radical (unpaired) electrons. The highest BCUT2D eigenvalue weighted by Crippen LogP contribution is 2.64. The Bertz CT molecular complexity index is 3470. The predicted molar refractivity (Wildman–Crippen MR) is 259 cm³/mol. The molecule has 3 aliphatic rings. The fourth-order valence-electron chi connectivity index (χ4n) is 11.1. The van der Waals surface area contributed by atoms with Gasteiger partial charge in [-0.3, -0.25) is 4.99 Å². The normalized spacial score (nSPS) is 16.6. The summed E-state index contributed by atoms with van der Waals surface area (Å²) in [4.78, 5) is 16.5. The molecule has 1 aromatic heterocycles. The van der Waals surface area contributed by atoms with Gasteiger partial charge < -0.3 is 0 Å². The zero-order chi connectivity index (χ0) is 41.5. The molecule has 0 bridgehead atoms. The van der Waals surface area contributed by atoms with Crippen LogP contribution in [0, 0.1) is 0 Å². The van der Waals surface area contributed by atoms with Gasteiger partial charge in [0.15, 0.2) is 5.84 Å². The van der Waals surface area contributed by atoms with E-state index in [2.05, 4.69) is 218 Å². The van der Waals surface area contributed by atoms with Crippen LogP contribution >= 0.6 is 0 Å². The summed E-state index contributed by atoms with van der Waals surface area (Å²) in [6, 6.07) is 81.1. The first-order valence-corrected chi connectivity index (χ1v) is 21.8. The molecule has 0 saturated carbocycles. The summed E-state index contributed by atoms with van der Waals surface area (Å²) < 4.78 is 0. The molecule has 0 saturated heterocycles. The van der Waals surface area contributed by atoms with Gasteiger partial charge in [-0.15, -0.1) is 0 Å². The molecule has 63 heavy (non-hydrogen) atoms. The Balaban J connectivity index is 1.06. The van der Waals surface area contributed by atoms with E-state index in [0.29, 0.717) is 0 Å². The first-order chi connectivity index (χ1) is 31.3. The first-order valence-electron chi connectivity index (χ1n) is 21.8. The minimum Gasteiger partial charge on any atom is -0.257 e. The van der Waals surface area contributed by atoms with E-state index in [1.807, 2.05) is 6.07 Å². The van der Waals surface area contributed by atoms with Crippen molar-refractivity contribution in [1.82, 2.24) is 4.98 Å². The van der Waals surface area contributed by atoms with Gasteiger partial charge in [-0.2, -0.15) is 0 Å². The van der Waals surface area contributed by atoms with E-state index in [9.17, 15) is 0 Å². The van der Waals surface area contributed by atoms with Crippen molar-refractivity contribution in [1.29, 1.82) is 0 Å². The van der Waals surface area contributed by atoms with E-state index < -0.39 is 5.41 Å². The molecule has 13 rings (SSSR count). The quantitative estimate of drug-likeness (QED) is 0.160. The Hall–Kier alpha value is -8.01. The summed E-state index contributed by atoms with van der Waals surface area (Å²) >= 11 is 0. The summed E-state index contributed by atoms with van der Waals surface area (Å²) in [5.41, 5.74) is 18.5. The number of hydrogen-bond donors (Lipinski definition) is 0. The first kappa shape index (κ1) is 35.7. The summed E-state index contributed by atoms with van der Waals surface area (Å²) in [5.74, 6) is 0.588. The van der Waals surface area contributed by atoms with Gasteiger partial charge in [0, 0.05) is 27.3 Å². The second kappa shape index (κ2) is 14.0. The van der Waals surface area contributed by atoms with E-state index >= 15 is 0 Å². The standard InChI is InChI=1S/C60H39N3/c1-4-19-38(20-5-1)57-53(58(39-21-6-2-7-22-39)63-59(62-57)40-23-8-3-9-24-40)41-25-18-26-42(37-41)56-47-35-36-51-55(54(47)46-30-13-17-34-52(46)61-56)45-29-12-16-33-50(45)60(51)48-31-14-10-27-43(48)44-28-11-15-32-49(44)60/h1-37,53,57H. The lowest BCUT2D eigenvalue weighted by atomic mass is 9.70. The number of fused-ring (bicyclic) bond motifs is 14. The van der Waals surface area contributed by atoms with Crippen molar-refractivity contribution in [2.24, 2.45) is 9.98 Å². The van der Waals surface area contributed by atoms with Crippen molar-refractivity contribution in [2.45, 2.75) is 17.4 Å². The predicted octanol–water partition coefficient (Wildman–Crippen LogP) is 14.2. The van der Waals surface area contributed by atoms with Crippen LogP contribution < -0.4 is 0 Å². The van der Waals surface area contributed by atoms with Crippen LogP contribution in [0.1, 0.15) is 56.5 Å². The van der Waals surface area contributed by atoms with Gasteiger partial charge in [0.05, 0.1) is 34.3 Å². The third-order valence-electron chi connectivity index (χ3n) is 13.7. The van der Waals surface area contributed by atoms with E-state index in [1.165, 1.54) is 49.9 Å². The molecule has 1 spiro atoms. The highest BCUT2D eigenvalue weighted by Gasteiger charge is 2.52. The third kappa shape index (κ3) is 5.23. The average molecular weight is 802 g/mol. The van der Waals surface area contributed by atoms with Crippen LogP contribution in [-0.2, 0) is 5.41 Å². The van der Waals surface area contributed by atoms with Crippen molar-refractivity contribution in [3.8, 4) is 33.5 Å². The molecule has 3 heteroatoms. The Labute approximate surface area is 366 Å². The lowest BCUT2D eigenvalue weighted by Crippen LogP contribution is -2.27. The molecule has 2 aliphatic carbocycles. The zero-order valence-electron chi connectivity index (χ0n) is 34.4. The van der Waals surface area contributed by atoms with Gasteiger partial charge in [0.25, 0.3) is 0 Å². The van der Waals surface area contributed by atoms with E-state index in [4.69, 9.17) is 15.0 Å². The smallest absolute Gasteiger partial charge is 0.155 e. The second-order valence-electron chi connectivity index (χ2n) is 16.9. The largest absolute Gasteiger partial charge is 0.257 e. The molecular weight excluding hydrogens is 763 g/mol. The molecule has 3 nitrogen and oxygen atoms in total. The third-order valence-corrected chi connectivity index (χ3v) is 13.7. The van der Waals surface area contributed by atoms with Crippen LogP contribution in [0.15, 0.2) is 234 Å². The maximum Gasteiger partial charge on any atom is 0.155 e. The van der Waals surface area contributed by atoms with E-state index in [1.54, 1.807) is 0 Å². The summed E-state index contributed by atoms with van der Waals surface area (Å²) in [5, 5.41) is 3.54. The van der Waals surface area contributed by atoms with Crippen molar-refractivity contribution in [3.05, 3.63) is 269 Å². The number of amidine groups is 1. The van der Waals surface area contributed by atoms with Crippen LogP contribution in [0.4, 0.5) is 0 Å². The van der Waals surface area contributed by atoms with Crippen molar-refractivity contribution < 1.29 is 0 Å².